The first-order valence-corrected chi connectivity index (χ1v) is 10.1. The Hall–Kier alpha value is -2.95. The van der Waals surface area contributed by atoms with Crippen LogP contribution in [0.4, 0.5) is 19.1 Å². The normalized spacial score (nSPS) is 11.5. The molecule has 0 aliphatic heterocycles. The van der Waals surface area contributed by atoms with E-state index < -0.39 is 11.9 Å². The highest BCUT2D eigenvalue weighted by atomic mass is 32.2. The van der Waals surface area contributed by atoms with Crippen LogP contribution in [0.15, 0.2) is 41.6 Å². The molecule has 0 atom stereocenters. The summed E-state index contributed by atoms with van der Waals surface area (Å²) in [5.74, 6) is 1.70. The molecule has 0 radical (unpaired) electrons. The van der Waals surface area contributed by atoms with Gasteiger partial charge in [0.25, 0.3) is 5.56 Å². The molecule has 3 N–H and O–H groups in total. The Morgan fingerprint density at radius 2 is 1.97 bits per heavy atom. The molecule has 0 amide bonds. The number of nitrogens with zero attached hydrogens (tertiary/aromatic N) is 2. The summed E-state index contributed by atoms with van der Waals surface area (Å²) in [6.07, 6.45) is -1.45. The lowest BCUT2D eigenvalue weighted by molar-refractivity contribution is -0.141. The fourth-order valence-electron chi connectivity index (χ4n) is 2.69. The van der Waals surface area contributed by atoms with Gasteiger partial charge in [-0.15, -0.1) is 0 Å². The maximum Gasteiger partial charge on any atom is 0.433 e. The lowest BCUT2D eigenvalue weighted by atomic mass is 10.1. The van der Waals surface area contributed by atoms with E-state index in [9.17, 15) is 18.0 Å². The molecule has 7 nitrogen and oxygen atoms in total. The topological polar surface area (TPSA) is 95.7 Å². The van der Waals surface area contributed by atoms with Crippen LogP contribution in [-0.4, -0.2) is 39.3 Å². The van der Waals surface area contributed by atoms with Crippen molar-refractivity contribution in [1.82, 2.24) is 19.9 Å². The monoisotopic (exact) mass is 439 g/mol. The molecule has 0 aliphatic rings. The number of halogens is 3. The molecule has 1 aromatic carbocycles. The first-order valence-electron chi connectivity index (χ1n) is 8.99. The summed E-state index contributed by atoms with van der Waals surface area (Å²) in [5, 5.41) is 2.96. The first kappa shape index (κ1) is 21.8. The smallest absolute Gasteiger partial charge is 0.433 e. The van der Waals surface area contributed by atoms with Crippen LogP contribution in [0.3, 0.4) is 0 Å². The minimum Gasteiger partial charge on any atom is -0.497 e. The van der Waals surface area contributed by atoms with Gasteiger partial charge >= 0.3 is 6.18 Å². The van der Waals surface area contributed by atoms with Gasteiger partial charge in [-0.25, -0.2) is 9.97 Å². The van der Waals surface area contributed by atoms with Gasteiger partial charge in [-0.05, 0) is 17.7 Å². The molecule has 0 fully saturated rings. The van der Waals surface area contributed by atoms with Crippen molar-refractivity contribution in [3.05, 3.63) is 69.7 Å². The third-order valence-corrected chi connectivity index (χ3v) is 5.18. The molecule has 3 rings (SSSR count). The Labute approximate surface area is 174 Å². The number of hydrogen-bond donors (Lipinski definition) is 3. The number of imidazole rings is 1. The molecule has 3 aromatic rings. The van der Waals surface area contributed by atoms with Crippen molar-refractivity contribution in [3.63, 3.8) is 0 Å². The van der Waals surface area contributed by atoms with E-state index in [2.05, 4.69) is 25.3 Å². The number of alkyl halides is 3. The lowest BCUT2D eigenvalue weighted by Gasteiger charge is -2.08. The van der Waals surface area contributed by atoms with Gasteiger partial charge in [0.15, 0.2) is 0 Å². The Bertz CT molecular complexity index is 1020. The Morgan fingerprint density at radius 3 is 2.63 bits per heavy atom. The molecule has 0 bridgehead atoms. The number of thioether (sulfide) groups is 1. The van der Waals surface area contributed by atoms with Crippen LogP contribution in [0, 0.1) is 0 Å². The van der Waals surface area contributed by atoms with Gasteiger partial charge in [-0.2, -0.15) is 24.9 Å². The molecule has 11 heteroatoms. The van der Waals surface area contributed by atoms with Crippen molar-refractivity contribution in [3.8, 4) is 5.75 Å². The second kappa shape index (κ2) is 9.70. The van der Waals surface area contributed by atoms with Crippen LogP contribution < -0.4 is 15.6 Å². The number of aromatic nitrogens is 4. The summed E-state index contributed by atoms with van der Waals surface area (Å²) < 4.78 is 43.5. The molecule has 0 saturated carbocycles. The minimum atomic E-state index is -4.44. The maximum absolute atomic E-state index is 12.8. The van der Waals surface area contributed by atoms with Crippen LogP contribution in [0.2, 0.25) is 0 Å². The van der Waals surface area contributed by atoms with Crippen LogP contribution in [0.1, 0.15) is 22.5 Å². The van der Waals surface area contributed by atoms with E-state index >= 15 is 0 Å². The quantitative estimate of drug-likeness (QED) is 0.442. The van der Waals surface area contributed by atoms with Crippen LogP contribution in [0.5, 0.6) is 5.75 Å². The standard InChI is InChI=1S/C19H20F3N5O2S/c1-29-14-4-2-12(3-5-14)8-13-9-24-18(27-17(13)28)23-6-7-30-10-15-16(19(20,21)22)26-11-25-15/h2-5,9,11H,6-8,10H2,1H3,(H,25,26)(H2,23,24,27,28). The van der Waals surface area contributed by atoms with Crippen LogP contribution in [-0.2, 0) is 18.3 Å². The van der Waals surface area contributed by atoms with E-state index in [-0.39, 0.29) is 17.0 Å². The lowest BCUT2D eigenvalue weighted by Crippen LogP contribution is -2.18. The van der Waals surface area contributed by atoms with E-state index in [0.717, 1.165) is 17.6 Å². The summed E-state index contributed by atoms with van der Waals surface area (Å²) in [4.78, 5) is 25.0. The maximum atomic E-state index is 12.8. The number of methoxy groups -OCH3 is 1. The Morgan fingerprint density at radius 1 is 1.20 bits per heavy atom. The van der Waals surface area contributed by atoms with E-state index in [1.54, 1.807) is 7.11 Å². The molecular formula is C19H20F3N5O2S. The molecule has 30 heavy (non-hydrogen) atoms. The molecule has 0 unspecified atom stereocenters. The van der Waals surface area contributed by atoms with Gasteiger partial charge in [0.2, 0.25) is 5.95 Å². The van der Waals surface area contributed by atoms with Gasteiger partial charge in [0, 0.05) is 36.2 Å². The molecule has 0 saturated heterocycles. The summed E-state index contributed by atoms with van der Waals surface area (Å²) in [6.45, 7) is 0.428. The van der Waals surface area contributed by atoms with Gasteiger partial charge < -0.3 is 15.0 Å². The average molecular weight is 439 g/mol. The van der Waals surface area contributed by atoms with Crippen molar-refractivity contribution in [2.75, 3.05) is 24.7 Å². The summed E-state index contributed by atoms with van der Waals surface area (Å²) in [6, 6.07) is 7.41. The zero-order chi connectivity index (χ0) is 21.6. The fraction of sp³-hybridized carbons (Fsp3) is 0.316. The minimum absolute atomic E-state index is 0.0260. The van der Waals surface area contributed by atoms with Crippen molar-refractivity contribution in [2.24, 2.45) is 0 Å². The zero-order valence-corrected chi connectivity index (χ0v) is 16.9. The highest BCUT2D eigenvalue weighted by Crippen LogP contribution is 2.31. The third-order valence-electron chi connectivity index (χ3n) is 4.21. The molecule has 2 heterocycles. The number of aromatic amines is 2. The summed E-state index contributed by atoms with van der Waals surface area (Å²) in [7, 11) is 1.59. The number of ether oxygens (including phenoxy) is 1. The predicted octanol–water partition coefficient (Wildman–Crippen LogP) is 3.46. The van der Waals surface area contributed by atoms with Crippen molar-refractivity contribution in [1.29, 1.82) is 0 Å². The van der Waals surface area contributed by atoms with Crippen LogP contribution in [0.25, 0.3) is 0 Å². The number of benzene rings is 1. The third kappa shape index (κ3) is 5.78. The Balaban J connectivity index is 1.47. The van der Waals surface area contributed by atoms with Crippen molar-refractivity contribution in [2.45, 2.75) is 18.3 Å². The van der Waals surface area contributed by atoms with Gasteiger partial charge in [-0.3, -0.25) is 9.78 Å². The molecule has 0 aliphatic carbocycles. The fourth-order valence-corrected chi connectivity index (χ4v) is 3.49. The second-order valence-corrected chi connectivity index (χ2v) is 7.42. The van der Waals surface area contributed by atoms with Crippen molar-refractivity contribution < 1.29 is 17.9 Å². The van der Waals surface area contributed by atoms with E-state index in [1.807, 2.05) is 24.3 Å². The van der Waals surface area contributed by atoms with Gasteiger partial charge in [-0.1, -0.05) is 12.1 Å². The number of anilines is 1. The first-order chi connectivity index (χ1) is 14.4. The molecule has 0 spiro atoms. The van der Waals surface area contributed by atoms with Crippen LogP contribution >= 0.6 is 11.8 Å². The van der Waals surface area contributed by atoms with Crippen molar-refractivity contribution >= 4 is 17.7 Å². The van der Waals surface area contributed by atoms with E-state index in [4.69, 9.17) is 4.74 Å². The molecule has 160 valence electrons. The molecule has 2 aromatic heterocycles. The summed E-state index contributed by atoms with van der Waals surface area (Å²) >= 11 is 1.30. The summed E-state index contributed by atoms with van der Waals surface area (Å²) in [5.41, 5.74) is 0.390. The van der Waals surface area contributed by atoms with Gasteiger partial charge in [0.05, 0.1) is 19.1 Å². The SMILES string of the molecule is COc1ccc(Cc2cnc(NCCSCc3nc[nH]c3C(F)(F)F)[nH]c2=O)cc1. The predicted molar refractivity (Wildman–Crippen MR) is 109 cm³/mol. The highest BCUT2D eigenvalue weighted by molar-refractivity contribution is 7.98. The average Bonchev–Trinajstić information content (AvgIpc) is 3.19. The number of hydrogen-bond acceptors (Lipinski definition) is 6. The van der Waals surface area contributed by atoms with E-state index in [0.29, 0.717) is 30.2 Å². The zero-order valence-electron chi connectivity index (χ0n) is 16.0. The number of rotatable bonds is 9. The largest absolute Gasteiger partial charge is 0.497 e. The Kier molecular flexibility index (Phi) is 7.03. The second-order valence-electron chi connectivity index (χ2n) is 6.31. The highest BCUT2D eigenvalue weighted by Gasteiger charge is 2.35. The number of H-pyrrole nitrogens is 2. The molecular weight excluding hydrogens is 419 g/mol. The van der Waals surface area contributed by atoms with E-state index in [1.165, 1.54) is 18.0 Å². The van der Waals surface area contributed by atoms with Gasteiger partial charge in [0.1, 0.15) is 11.4 Å². The number of nitrogens with one attached hydrogen (secondary N) is 3.